The number of hydrogen-bond donors (Lipinski definition) is 1. The van der Waals surface area contributed by atoms with Gasteiger partial charge in [-0.05, 0) is 55.5 Å². The minimum atomic E-state index is 0.717. The quantitative estimate of drug-likeness (QED) is 0.921. The summed E-state index contributed by atoms with van der Waals surface area (Å²) in [7, 11) is 0. The summed E-state index contributed by atoms with van der Waals surface area (Å²) in [5.74, 6) is 0.926. The smallest absolute Gasteiger partial charge is 0.0400 e. The Morgan fingerprint density at radius 3 is 2.67 bits per heavy atom. The minimum Gasteiger partial charge on any atom is -0.371 e. The first-order chi connectivity index (χ1) is 8.74. The normalized spacial score (nSPS) is 17.2. The zero-order valence-electron chi connectivity index (χ0n) is 11.2. The van der Waals surface area contributed by atoms with Crippen molar-refractivity contribution in [3.05, 3.63) is 28.2 Å². The fourth-order valence-corrected chi connectivity index (χ4v) is 3.21. The Bertz CT molecular complexity index is 384. The molecule has 1 aromatic carbocycles. The van der Waals surface area contributed by atoms with Gasteiger partial charge in [-0.15, -0.1) is 0 Å². The highest BCUT2D eigenvalue weighted by atomic mass is 79.9. The van der Waals surface area contributed by atoms with Gasteiger partial charge in [0.2, 0.25) is 0 Å². The number of benzene rings is 1. The van der Waals surface area contributed by atoms with Crippen molar-refractivity contribution in [2.45, 2.75) is 32.6 Å². The average Bonchev–Trinajstić information content (AvgIpc) is 2.40. The number of nitrogens with two attached hydrogens (primary N) is 1. The molecule has 0 aliphatic carbocycles. The van der Waals surface area contributed by atoms with E-state index in [1.165, 1.54) is 43.6 Å². The summed E-state index contributed by atoms with van der Waals surface area (Å²) in [5, 5.41) is 0. The number of nitrogens with zero attached hydrogens (tertiary/aromatic N) is 1. The fourth-order valence-electron chi connectivity index (χ4n) is 2.80. The van der Waals surface area contributed by atoms with E-state index in [0.29, 0.717) is 0 Å². The van der Waals surface area contributed by atoms with E-state index in [9.17, 15) is 0 Å². The fraction of sp³-hybridized carbons (Fsp3) is 0.600. The van der Waals surface area contributed by atoms with E-state index in [-0.39, 0.29) is 0 Å². The molecular weight excluding hydrogens is 288 g/mol. The summed E-state index contributed by atoms with van der Waals surface area (Å²) in [4.78, 5) is 2.53. The van der Waals surface area contributed by atoms with Crippen molar-refractivity contribution in [1.29, 1.82) is 0 Å². The summed E-state index contributed by atoms with van der Waals surface area (Å²) in [5.41, 5.74) is 8.48. The number of anilines is 1. The standard InChI is InChI=1S/C15H23BrN2/c1-2-12-6-9-18(10-7-12)15-4-3-14(16)11-13(15)5-8-17/h3-4,11-12H,2,5-10,17H2,1H3. The molecule has 0 unspecified atom stereocenters. The molecule has 2 rings (SSSR count). The zero-order valence-corrected chi connectivity index (χ0v) is 12.7. The predicted molar refractivity (Wildman–Crippen MR) is 82.1 cm³/mol. The third-order valence-corrected chi connectivity index (χ3v) is 4.48. The molecule has 0 spiro atoms. The molecular formula is C15H23BrN2. The highest BCUT2D eigenvalue weighted by Crippen LogP contribution is 2.29. The maximum atomic E-state index is 5.72. The maximum Gasteiger partial charge on any atom is 0.0400 e. The second kappa shape index (κ2) is 6.58. The average molecular weight is 311 g/mol. The van der Waals surface area contributed by atoms with Crippen LogP contribution in [0.5, 0.6) is 0 Å². The van der Waals surface area contributed by atoms with Crippen LogP contribution in [0.2, 0.25) is 0 Å². The van der Waals surface area contributed by atoms with E-state index in [4.69, 9.17) is 5.73 Å². The molecule has 2 N–H and O–H groups in total. The van der Waals surface area contributed by atoms with Crippen molar-refractivity contribution in [3.63, 3.8) is 0 Å². The first-order valence-corrected chi connectivity index (χ1v) is 7.77. The van der Waals surface area contributed by atoms with Crippen molar-refractivity contribution in [2.24, 2.45) is 11.7 Å². The first-order valence-electron chi connectivity index (χ1n) is 6.98. The lowest BCUT2D eigenvalue weighted by molar-refractivity contribution is 0.395. The van der Waals surface area contributed by atoms with Crippen molar-refractivity contribution in [3.8, 4) is 0 Å². The van der Waals surface area contributed by atoms with Gasteiger partial charge in [-0.2, -0.15) is 0 Å². The SMILES string of the molecule is CCC1CCN(c2ccc(Br)cc2CCN)CC1. The lowest BCUT2D eigenvalue weighted by Gasteiger charge is -2.34. The van der Waals surface area contributed by atoms with Gasteiger partial charge >= 0.3 is 0 Å². The molecule has 0 amide bonds. The van der Waals surface area contributed by atoms with Gasteiger partial charge in [0.05, 0.1) is 0 Å². The summed E-state index contributed by atoms with van der Waals surface area (Å²) >= 11 is 3.55. The summed E-state index contributed by atoms with van der Waals surface area (Å²) in [6.45, 7) is 5.41. The molecule has 18 heavy (non-hydrogen) atoms. The molecule has 1 heterocycles. The highest BCUT2D eigenvalue weighted by Gasteiger charge is 2.19. The second-order valence-corrected chi connectivity index (χ2v) is 6.07. The van der Waals surface area contributed by atoms with Crippen LogP contribution in [0.25, 0.3) is 0 Å². The number of piperidine rings is 1. The van der Waals surface area contributed by atoms with E-state index in [1.54, 1.807) is 0 Å². The van der Waals surface area contributed by atoms with Crippen LogP contribution in [-0.4, -0.2) is 19.6 Å². The Labute approximate surface area is 119 Å². The molecule has 0 aromatic heterocycles. The molecule has 3 heteroatoms. The van der Waals surface area contributed by atoms with Gasteiger partial charge < -0.3 is 10.6 Å². The summed E-state index contributed by atoms with van der Waals surface area (Å²) in [6, 6.07) is 6.59. The zero-order chi connectivity index (χ0) is 13.0. The van der Waals surface area contributed by atoms with E-state index >= 15 is 0 Å². The van der Waals surface area contributed by atoms with E-state index in [0.717, 1.165) is 23.4 Å². The molecule has 1 aromatic rings. The van der Waals surface area contributed by atoms with E-state index < -0.39 is 0 Å². The Morgan fingerprint density at radius 2 is 2.06 bits per heavy atom. The predicted octanol–water partition coefficient (Wildman–Crippen LogP) is 3.58. The summed E-state index contributed by atoms with van der Waals surface area (Å²) < 4.78 is 1.15. The topological polar surface area (TPSA) is 29.3 Å². The molecule has 100 valence electrons. The van der Waals surface area contributed by atoms with Gasteiger partial charge in [0.1, 0.15) is 0 Å². The Hall–Kier alpha value is -0.540. The van der Waals surface area contributed by atoms with Gasteiger partial charge in [-0.1, -0.05) is 29.3 Å². The van der Waals surface area contributed by atoms with Crippen LogP contribution in [-0.2, 0) is 6.42 Å². The van der Waals surface area contributed by atoms with Gasteiger partial charge in [-0.3, -0.25) is 0 Å². The van der Waals surface area contributed by atoms with Crippen LogP contribution < -0.4 is 10.6 Å². The lowest BCUT2D eigenvalue weighted by Crippen LogP contribution is -2.34. The number of rotatable bonds is 4. The lowest BCUT2D eigenvalue weighted by atomic mass is 9.93. The minimum absolute atomic E-state index is 0.717. The highest BCUT2D eigenvalue weighted by molar-refractivity contribution is 9.10. The van der Waals surface area contributed by atoms with E-state index in [2.05, 4.69) is 46.0 Å². The van der Waals surface area contributed by atoms with E-state index in [1.807, 2.05) is 0 Å². The number of halogens is 1. The third kappa shape index (κ3) is 3.27. The van der Waals surface area contributed by atoms with Crippen molar-refractivity contribution in [2.75, 3.05) is 24.5 Å². The van der Waals surface area contributed by atoms with Crippen LogP contribution in [0.1, 0.15) is 31.7 Å². The van der Waals surface area contributed by atoms with Crippen LogP contribution >= 0.6 is 15.9 Å². The second-order valence-electron chi connectivity index (χ2n) is 5.15. The number of hydrogen-bond acceptors (Lipinski definition) is 2. The van der Waals surface area contributed by atoms with Crippen LogP contribution in [0, 0.1) is 5.92 Å². The van der Waals surface area contributed by atoms with Gasteiger partial charge in [0, 0.05) is 23.2 Å². The molecule has 0 radical (unpaired) electrons. The van der Waals surface area contributed by atoms with Crippen molar-refractivity contribution < 1.29 is 0 Å². The molecule has 0 bridgehead atoms. The molecule has 1 aliphatic rings. The van der Waals surface area contributed by atoms with Crippen LogP contribution in [0.15, 0.2) is 22.7 Å². The first kappa shape index (κ1) is 13.9. The Balaban J connectivity index is 2.13. The van der Waals surface area contributed by atoms with Gasteiger partial charge in [0.15, 0.2) is 0 Å². The molecule has 2 nitrogen and oxygen atoms in total. The molecule has 0 atom stereocenters. The summed E-state index contributed by atoms with van der Waals surface area (Å²) in [6.07, 6.45) is 4.94. The Kier molecular flexibility index (Phi) is 5.07. The largest absolute Gasteiger partial charge is 0.371 e. The van der Waals surface area contributed by atoms with Gasteiger partial charge in [-0.25, -0.2) is 0 Å². The van der Waals surface area contributed by atoms with Crippen molar-refractivity contribution in [1.82, 2.24) is 0 Å². The maximum absolute atomic E-state index is 5.72. The third-order valence-electron chi connectivity index (χ3n) is 3.99. The van der Waals surface area contributed by atoms with Crippen molar-refractivity contribution >= 4 is 21.6 Å². The molecule has 1 aliphatic heterocycles. The van der Waals surface area contributed by atoms with Gasteiger partial charge in [0.25, 0.3) is 0 Å². The molecule has 1 saturated heterocycles. The molecule has 1 fully saturated rings. The Morgan fingerprint density at radius 1 is 1.33 bits per heavy atom. The monoisotopic (exact) mass is 310 g/mol. The molecule has 0 saturated carbocycles. The van der Waals surface area contributed by atoms with Crippen LogP contribution in [0.3, 0.4) is 0 Å². The van der Waals surface area contributed by atoms with Crippen LogP contribution in [0.4, 0.5) is 5.69 Å².